The van der Waals surface area contributed by atoms with Crippen LogP contribution >= 0.6 is 0 Å². The van der Waals surface area contributed by atoms with E-state index in [2.05, 4.69) is 27.6 Å². The minimum absolute atomic E-state index is 0.0293. The molecule has 6 nitrogen and oxygen atoms in total. The minimum Gasteiger partial charge on any atom is -0.381 e. The first-order valence-corrected chi connectivity index (χ1v) is 9.62. The summed E-state index contributed by atoms with van der Waals surface area (Å²) in [6.45, 7) is 3.32. The normalized spacial score (nSPS) is 22.5. The molecule has 140 valence electrons. The number of rotatable bonds is 6. The summed E-state index contributed by atoms with van der Waals surface area (Å²) in [5, 5.41) is 7.75. The second kappa shape index (κ2) is 8.29. The zero-order chi connectivity index (χ0) is 17.7. The van der Waals surface area contributed by atoms with E-state index in [0.717, 1.165) is 64.3 Å². The van der Waals surface area contributed by atoms with Gasteiger partial charge in [0, 0.05) is 45.2 Å². The van der Waals surface area contributed by atoms with Crippen LogP contribution in [0, 0.1) is 0 Å². The Hall–Kier alpha value is -1.76. The Kier molecular flexibility index (Phi) is 5.62. The van der Waals surface area contributed by atoms with Gasteiger partial charge in [-0.1, -0.05) is 35.5 Å². The second-order valence-electron chi connectivity index (χ2n) is 7.30. The van der Waals surface area contributed by atoms with Crippen LogP contribution in [0.4, 0.5) is 0 Å². The van der Waals surface area contributed by atoms with Crippen LogP contribution in [0.25, 0.3) is 0 Å². The molecule has 2 aliphatic heterocycles. The van der Waals surface area contributed by atoms with Crippen LogP contribution < -0.4 is 5.32 Å². The number of hydrogen-bond donors (Lipinski definition) is 1. The van der Waals surface area contributed by atoms with E-state index in [4.69, 9.17) is 14.0 Å². The summed E-state index contributed by atoms with van der Waals surface area (Å²) in [6, 6.07) is 10.7. The Labute approximate surface area is 154 Å². The van der Waals surface area contributed by atoms with Gasteiger partial charge >= 0.3 is 0 Å². The highest BCUT2D eigenvalue weighted by molar-refractivity contribution is 5.18. The topological polar surface area (TPSA) is 69.4 Å². The van der Waals surface area contributed by atoms with Crippen LogP contribution in [0.15, 0.2) is 34.9 Å². The number of hydrogen-bond acceptors (Lipinski definition) is 6. The summed E-state index contributed by atoms with van der Waals surface area (Å²) in [6.07, 6.45) is 5.62. The molecule has 1 spiro atoms. The standard InChI is InChI=1S/C20H27N3O3/c1-2-4-16(5-3-1)14-18-22-19(26-23-18)6-10-21-17-7-11-25-20(15-17)8-12-24-13-9-20/h1-5,17,21H,6-15H2/t17-/m0/s1. The zero-order valence-corrected chi connectivity index (χ0v) is 15.2. The van der Waals surface area contributed by atoms with E-state index in [1.54, 1.807) is 0 Å². The van der Waals surface area contributed by atoms with Gasteiger partial charge in [0.15, 0.2) is 5.82 Å². The van der Waals surface area contributed by atoms with E-state index in [-0.39, 0.29) is 5.60 Å². The molecule has 0 amide bonds. The molecule has 3 heterocycles. The van der Waals surface area contributed by atoms with Crippen LogP contribution in [0.2, 0.25) is 0 Å². The smallest absolute Gasteiger partial charge is 0.227 e. The number of ether oxygens (including phenoxy) is 2. The molecule has 2 saturated heterocycles. The van der Waals surface area contributed by atoms with Crippen molar-refractivity contribution >= 4 is 0 Å². The van der Waals surface area contributed by atoms with E-state index < -0.39 is 0 Å². The molecule has 6 heteroatoms. The largest absolute Gasteiger partial charge is 0.381 e. The molecule has 0 aliphatic carbocycles. The van der Waals surface area contributed by atoms with E-state index in [9.17, 15) is 0 Å². The maximum atomic E-state index is 6.10. The van der Waals surface area contributed by atoms with Crippen LogP contribution in [0.3, 0.4) is 0 Å². The Balaban J connectivity index is 1.23. The van der Waals surface area contributed by atoms with Crippen molar-refractivity contribution in [2.24, 2.45) is 0 Å². The van der Waals surface area contributed by atoms with Crippen molar-refractivity contribution in [3.63, 3.8) is 0 Å². The lowest BCUT2D eigenvalue weighted by Crippen LogP contribution is -2.50. The molecule has 0 saturated carbocycles. The minimum atomic E-state index is 0.0293. The lowest BCUT2D eigenvalue weighted by molar-refractivity contribution is -0.140. The molecule has 26 heavy (non-hydrogen) atoms. The Bertz CT molecular complexity index is 677. The molecule has 2 aromatic rings. The average molecular weight is 357 g/mol. The third-order valence-electron chi connectivity index (χ3n) is 5.38. The summed E-state index contributed by atoms with van der Waals surface area (Å²) in [7, 11) is 0. The summed E-state index contributed by atoms with van der Waals surface area (Å²) in [5.74, 6) is 1.45. The highest BCUT2D eigenvalue weighted by atomic mass is 16.5. The number of aromatic nitrogens is 2. The maximum Gasteiger partial charge on any atom is 0.227 e. The molecule has 4 rings (SSSR count). The number of nitrogens with zero attached hydrogens (tertiary/aromatic N) is 2. The van der Waals surface area contributed by atoms with Crippen molar-refractivity contribution in [2.75, 3.05) is 26.4 Å². The van der Waals surface area contributed by atoms with Gasteiger partial charge in [0.25, 0.3) is 0 Å². The zero-order valence-electron chi connectivity index (χ0n) is 15.2. The third kappa shape index (κ3) is 4.50. The monoisotopic (exact) mass is 357 g/mol. The molecule has 0 unspecified atom stereocenters. The van der Waals surface area contributed by atoms with Gasteiger partial charge in [-0.3, -0.25) is 0 Å². The molecular formula is C20H27N3O3. The van der Waals surface area contributed by atoms with E-state index in [1.807, 2.05) is 18.2 Å². The lowest BCUT2D eigenvalue weighted by Gasteiger charge is -2.43. The first-order valence-electron chi connectivity index (χ1n) is 9.62. The maximum absolute atomic E-state index is 6.10. The number of nitrogens with one attached hydrogen (secondary N) is 1. The van der Waals surface area contributed by atoms with Gasteiger partial charge in [-0.15, -0.1) is 0 Å². The molecule has 2 aliphatic rings. The van der Waals surface area contributed by atoms with E-state index >= 15 is 0 Å². The van der Waals surface area contributed by atoms with Crippen molar-refractivity contribution in [1.82, 2.24) is 15.5 Å². The van der Waals surface area contributed by atoms with Crippen molar-refractivity contribution < 1.29 is 14.0 Å². The van der Waals surface area contributed by atoms with Crippen LogP contribution in [-0.2, 0) is 22.3 Å². The average Bonchev–Trinajstić information content (AvgIpc) is 3.11. The molecule has 2 fully saturated rings. The van der Waals surface area contributed by atoms with Gasteiger partial charge in [-0.25, -0.2) is 0 Å². The van der Waals surface area contributed by atoms with E-state index in [0.29, 0.717) is 18.4 Å². The number of benzene rings is 1. The summed E-state index contributed by atoms with van der Waals surface area (Å²) in [4.78, 5) is 4.51. The summed E-state index contributed by atoms with van der Waals surface area (Å²) < 4.78 is 17.0. The highest BCUT2D eigenvalue weighted by Gasteiger charge is 2.38. The fourth-order valence-corrected chi connectivity index (χ4v) is 3.92. The van der Waals surface area contributed by atoms with Gasteiger partial charge in [-0.2, -0.15) is 4.98 Å². The van der Waals surface area contributed by atoms with Crippen molar-refractivity contribution in [2.45, 2.75) is 50.2 Å². The Morgan fingerprint density at radius 2 is 1.96 bits per heavy atom. The van der Waals surface area contributed by atoms with Gasteiger partial charge in [0.2, 0.25) is 5.89 Å². The van der Waals surface area contributed by atoms with Gasteiger partial charge < -0.3 is 19.3 Å². The van der Waals surface area contributed by atoms with Crippen LogP contribution in [-0.4, -0.2) is 48.1 Å². The Morgan fingerprint density at radius 3 is 2.81 bits per heavy atom. The highest BCUT2D eigenvalue weighted by Crippen LogP contribution is 2.34. The predicted molar refractivity (Wildman–Crippen MR) is 97.0 cm³/mol. The van der Waals surface area contributed by atoms with E-state index in [1.165, 1.54) is 5.56 Å². The second-order valence-corrected chi connectivity index (χ2v) is 7.30. The first kappa shape index (κ1) is 17.6. The molecule has 1 aromatic carbocycles. The summed E-state index contributed by atoms with van der Waals surface area (Å²) >= 11 is 0. The molecule has 1 N–H and O–H groups in total. The van der Waals surface area contributed by atoms with Crippen molar-refractivity contribution in [1.29, 1.82) is 0 Å². The molecule has 0 radical (unpaired) electrons. The van der Waals surface area contributed by atoms with Crippen molar-refractivity contribution in [3.05, 3.63) is 47.6 Å². The van der Waals surface area contributed by atoms with Crippen LogP contribution in [0.5, 0.6) is 0 Å². The Morgan fingerprint density at radius 1 is 1.12 bits per heavy atom. The molecular weight excluding hydrogens is 330 g/mol. The third-order valence-corrected chi connectivity index (χ3v) is 5.38. The molecule has 0 bridgehead atoms. The van der Waals surface area contributed by atoms with Crippen molar-refractivity contribution in [3.8, 4) is 0 Å². The molecule has 1 atom stereocenters. The SMILES string of the molecule is c1ccc(Cc2noc(CCN[C@H]3CCOC4(CCOCC4)C3)n2)cc1. The first-order chi connectivity index (χ1) is 12.8. The molecule has 1 aromatic heterocycles. The van der Waals surface area contributed by atoms with Gasteiger partial charge in [0.05, 0.1) is 5.60 Å². The predicted octanol–water partition coefficient (Wildman–Crippen LogP) is 2.52. The fourth-order valence-electron chi connectivity index (χ4n) is 3.92. The van der Waals surface area contributed by atoms with Gasteiger partial charge in [0.1, 0.15) is 0 Å². The van der Waals surface area contributed by atoms with Crippen LogP contribution in [0.1, 0.15) is 43.0 Å². The fraction of sp³-hybridized carbons (Fsp3) is 0.600. The summed E-state index contributed by atoms with van der Waals surface area (Å²) in [5.41, 5.74) is 1.23. The lowest BCUT2D eigenvalue weighted by atomic mass is 9.84. The quantitative estimate of drug-likeness (QED) is 0.857. The van der Waals surface area contributed by atoms with Gasteiger partial charge in [-0.05, 0) is 31.2 Å².